The maximum absolute atomic E-state index is 12.6. The molecular weight excluding hydrogens is 561 g/mol. The molecule has 8 heteroatoms. The van der Waals surface area contributed by atoms with E-state index in [-0.39, 0.29) is 36.6 Å². The van der Waals surface area contributed by atoms with Gasteiger partial charge in [-0.3, -0.25) is 14.1 Å². The highest BCUT2D eigenvalue weighted by atomic mass is 19.1. The number of benzene rings is 4. The van der Waals surface area contributed by atoms with Gasteiger partial charge in [-0.2, -0.15) is 0 Å². The monoisotopic (exact) mass is 597 g/mol. The zero-order chi connectivity index (χ0) is 31.1. The van der Waals surface area contributed by atoms with Crippen LogP contribution in [0.2, 0.25) is 0 Å². The van der Waals surface area contributed by atoms with E-state index in [0.29, 0.717) is 12.4 Å². The Hall–Kier alpha value is -4.82. The molecule has 2 aliphatic heterocycles. The van der Waals surface area contributed by atoms with Crippen LogP contribution in [0, 0.1) is 5.92 Å². The summed E-state index contributed by atoms with van der Waals surface area (Å²) in [5.74, 6) is 1.22. The molecule has 44 heavy (non-hydrogen) atoms. The molecule has 6 rings (SSSR count). The van der Waals surface area contributed by atoms with Crippen molar-refractivity contribution < 1.29 is 34.0 Å². The minimum atomic E-state index is -0.786. The Bertz CT molecular complexity index is 1600. The first-order valence-corrected chi connectivity index (χ1v) is 14.6. The minimum Gasteiger partial charge on any atom is -0.508 e. The molecule has 1 saturated heterocycles. The van der Waals surface area contributed by atoms with Gasteiger partial charge in [-0.05, 0) is 71.7 Å². The Labute approximate surface area is 256 Å². The lowest BCUT2D eigenvalue weighted by atomic mass is 9.86. The van der Waals surface area contributed by atoms with E-state index in [0.717, 1.165) is 58.8 Å². The van der Waals surface area contributed by atoms with Crippen LogP contribution < -0.4 is 9.47 Å². The van der Waals surface area contributed by atoms with E-state index >= 15 is 0 Å². The third kappa shape index (κ3) is 7.57. The molecule has 1 fully saturated rings. The van der Waals surface area contributed by atoms with E-state index < -0.39 is 5.97 Å². The Kier molecular flexibility index (Phi) is 9.82. The van der Waals surface area contributed by atoms with Crippen LogP contribution in [0.4, 0.5) is 4.39 Å². The summed E-state index contributed by atoms with van der Waals surface area (Å²) < 4.78 is 24.9. The third-order valence-corrected chi connectivity index (χ3v) is 7.74. The van der Waals surface area contributed by atoms with Crippen LogP contribution in [0.1, 0.15) is 35.3 Å². The highest BCUT2D eigenvalue weighted by Gasteiger charge is 2.30. The molecule has 2 aliphatic rings. The second-order valence-corrected chi connectivity index (χ2v) is 11.0. The first kappa shape index (κ1) is 30.6. The fraction of sp³-hybridized carbons (Fsp3) is 0.250. The molecule has 1 atom stereocenters. The summed E-state index contributed by atoms with van der Waals surface area (Å²) in [7, 11) is 0. The van der Waals surface area contributed by atoms with Crippen molar-refractivity contribution in [2.75, 3.05) is 32.9 Å². The number of nitrogens with zero attached hydrogens (tertiary/aromatic N) is 1. The number of carboxylic acids is 1. The molecule has 4 aromatic rings. The Morgan fingerprint density at radius 3 is 2.34 bits per heavy atom. The van der Waals surface area contributed by atoms with Crippen LogP contribution in [0.5, 0.6) is 23.0 Å². The number of carboxylic acid groups (broad SMARTS) is 1. The van der Waals surface area contributed by atoms with Gasteiger partial charge in [0.05, 0.1) is 13.1 Å². The topological polar surface area (TPSA) is 99.5 Å². The first-order valence-electron chi connectivity index (χ1n) is 14.6. The van der Waals surface area contributed by atoms with Gasteiger partial charge in [-0.25, -0.2) is 0 Å². The highest BCUT2D eigenvalue weighted by molar-refractivity contribution is 5.95. The van der Waals surface area contributed by atoms with E-state index in [4.69, 9.17) is 14.6 Å². The maximum atomic E-state index is 12.6. The number of allylic oxidation sites excluding steroid dienone is 1. The largest absolute Gasteiger partial charge is 0.508 e. The zero-order valence-corrected chi connectivity index (χ0v) is 24.5. The van der Waals surface area contributed by atoms with Gasteiger partial charge in [0.2, 0.25) is 0 Å². The molecule has 2 heterocycles. The summed E-state index contributed by atoms with van der Waals surface area (Å²) in [6.45, 7) is 4.72. The summed E-state index contributed by atoms with van der Waals surface area (Å²) in [5, 5.41) is 28.5. The number of aromatic hydroxyl groups is 2. The minimum absolute atomic E-state index is 0.112. The lowest BCUT2D eigenvalue weighted by Crippen LogP contribution is -2.49. The quantitative estimate of drug-likeness (QED) is 0.196. The predicted molar refractivity (Wildman–Crippen MR) is 168 cm³/mol. The molecule has 4 aromatic carbocycles. The van der Waals surface area contributed by atoms with Crippen molar-refractivity contribution in [2.24, 2.45) is 5.92 Å². The lowest BCUT2D eigenvalue weighted by molar-refractivity contribution is -0.136. The summed E-state index contributed by atoms with van der Waals surface area (Å²) in [4.78, 5) is 12.4. The van der Waals surface area contributed by atoms with Crippen LogP contribution >= 0.6 is 0 Å². The van der Waals surface area contributed by atoms with Gasteiger partial charge in [0, 0.05) is 36.7 Å². The van der Waals surface area contributed by atoms with Gasteiger partial charge in [-0.15, -0.1) is 0 Å². The zero-order valence-electron chi connectivity index (χ0n) is 24.5. The van der Waals surface area contributed by atoms with Gasteiger partial charge >= 0.3 is 5.97 Å². The fourth-order valence-corrected chi connectivity index (χ4v) is 5.48. The number of halogens is 1. The van der Waals surface area contributed by atoms with Crippen LogP contribution in [-0.2, 0) is 11.2 Å². The lowest BCUT2D eigenvalue weighted by Gasteiger charge is -2.37. The average Bonchev–Trinajstić information content (AvgIpc) is 2.99. The summed E-state index contributed by atoms with van der Waals surface area (Å²) in [5.41, 5.74) is 5.40. The van der Waals surface area contributed by atoms with Crippen molar-refractivity contribution in [2.45, 2.75) is 19.4 Å². The molecular formula is C36H36FNO6. The van der Waals surface area contributed by atoms with Crippen LogP contribution in [0.3, 0.4) is 0 Å². The number of ether oxygens (including phenoxy) is 2. The number of likely N-dealkylation sites (tertiary alicyclic amines) is 1. The van der Waals surface area contributed by atoms with Gasteiger partial charge in [-0.1, -0.05) is 54.6 Å². The van der Waals surface area contributed by atoms with Crippen molar-refractivity contribution in [3.8, 4) is 23.0 Å². The van der Waals surface area contributed by atoms with Crippen LogP contribution in [0.15, 0.2) is 97.1 Å². The second-order valence-electron chi connectivity index (χ2n) is 11.0. The molecule has 0 aliphatic carbocycles. The standard InChI is InChI=1S/C28H28FNO4.C8H8O2/c1-18-25-14-23(32)7-10-26(25)34-28(27(18)21-3-2-4-22(31)13-21)20-5-8-24(9-6-20)33-12-11-30-16-19(15-29)17-30;9-8(10)6-7-4-2-1-3-5-7/h2-10,13-14,19,28,31-32H,11-12,15-17H2,1H3;1-5H,6H2,(H,9,10)/t28-;/m0./s1. The smallest absolute Gasteiger partial charge is 0.307 e. The SMILES string of the molecule is CC1=C(c2cccc(O)c2)[C@H](c2ccc(OCCN3CC(CF)C3)cc2)Oc2ccc(O)cc21.O=C(O)Cc1ccccc1. The number of fused-ring (bicyclic) bond motifs is 1. The summed E-state index contributed by atoms with van der Waals surface area (Å²) >= 11 is 0. The molecule has 0 amide bonds. The van der Waals surface area contributed by atoms with Crippen molar-refractivity contribution in [3.63, 3.8) is 0 Å². The Morgan fingerprint density at radius 1 is 0.932 bits per heavy atom. The summed E-state index contributed by atoms with van der Waals surface area (Å²) in [6, 6.07) is 29.2. The van der Waals surface area contributed by atoms with Crippen LogP contribution in [0.25, 0.3) is 11.1 Å². The van der Waals surface area contributed by atoms with Gasteiger partial charge in [0.25, 0.3) is 0 Å². The molecule has 0 radical (unpaired) electrons. The van der Waals surface area contributed by atoms with Crippen molar-refractivity contribution >= 4 is 17.1 Å². The number of phenolic OH excluding ortho intramolecular Hbond substituents is 2. The van der Waals surface area contributed by atoms with E-state index in [2.05, 4.69) is 4.90 Å². The number of hydrogen-bond donors (Lipinski definition) is 3. The normalized spacial score (nSPS) is 16.2. The molecule has 0 aromatic heterocycles. The van der Waals surface area contributed by atoms with E-state index in [9.17, 15) is 19.4 Å². The third-order valence-electron chi connectivity index (χ3n) is 7.74. The molecule has 7 nitrogen and oxygen atoms in total. The number of alkyl halides is 1. The highest BCUT2D eigenvalue weighted by Crippen LogP contribution is 2.47. The van der Waals surface area contributed by atoms with Crippen molar-refractivity contribution in [1.82, 2.24) is 4.90 Å². The fourth-order valence-electron chi connectivity index (χ4n) is 5.48. The van der Waals surface area contributed by atoms with Gasteiger partial charge in [0.15, 0.2) is 0 Å². The van der Waals surface area contributed by atoms with Gasteiger partial charge in [0.1, 0.15) is 35.7 Å². The Balaban J connectivity index is 0.000000328. The van der Waals surface area contributed by atoms with E-state index in [1.165, 1.54) is 0 Å². The van der Waals surface area contributed by atoms with Crippen molar-refractivity contribution in [3.05, 3.63) is 119 Å². The first-order chi connectivity index (χ1) is 21.3. The maximum Gasteiger partial charge on any atom is 0.307 e. The number of phenols is 2. The van der Waals surface area contributed by atoms with Crippen LogP contribution in [-0.4, -0.2) is 59.1 Å². The average molecular weight is 598 g/mol. The second kappa shape index (κ2) is 14.1. The number of aliphatic carboxylic acids is 1. The predicted octanol–water partition coefficient (Wildman–Crippen LogP) is 6.76. The Morgan fingerprint density at radius 2 is 1.66 bits per heavy atom. The molecule has 3 N–H and O–H groups in total. The van der Waals surface area contributed by atoms with E-state index in [1.807, 2.05) is 61.5 Å². The molecule has 0 spiro atoms. The van der Waals surface area contributed by atoms with Gasteiger partial charge < -0.3 is 24.8 Å². The molecule has 0 bridgehead atoms. The number of carbonyl (C=O) groups is 1. The molecule has 0 unspecified atom stereocenters. The number of hydrogen-bond acceptors (Lipinski definition) is 6. The number of rotatable bonds is 9. The summed E-state index contributed by atoms with van der Waals surface area (Å²) in [6.07, 6.45) is -0.271. The van der Waals surface area contributed by atoms with Crippen molar-refractivity contribution in [1.29, 1.82) is 0 Å². The molecule has 0 saturated carbocycles. The van der Waals surface area contributed by atoms with E-state index in [1.54, 1.807) is 42.5 Å². The molecule has 228 valence electrons.